The van der Waals surface area contributed by atoms with Crippen molar-refractivity contribution in [2.75, 3.05) is 7.05 Å². The van der Waals surface area contributed by atoms with Crippen molar-refractivity contribution in [1.82, 2.24) is 4.90 Å². The molecule has 0 aromatic heterocycles. The topological polar surface area (TPSA) is 3.24 Å². The third kappa shape index (κ3) is 1.19. The van der Waals surface area contributed by atoms with Gasteiger partial charge in [0, 0.05) is 6.04 Å². The molecule has 11 heavy (non-hydrogen) atoms. The minimum atomic E-state index is 0.0428. The highest BCUT2D eigenvalue weighted by Crippen LogP contribution is 2.43. The van der Waals surface area contributed by atoms with Crippen molar-refractivity contribution in [2.24, 2.45) is 0 Å². The van der Waals surface area contributed by atoms with Gasteiger partial charge >= 0.3 is 0 Å². The van der Waals surface area contributed by atoms with Crippen LogP contribution in [0.5, 0.6) is 0 Å². The summed E-state index contributed by atoms with van der Waals surface area (Å²) in [6.07, 6.45) is 7.79. The Balaban J connectivity index is 2.17. The van der Waals surface area contributed by atoms with E-state index in [4.69, 9.17) is 11.6 Å². The first-order valence-electron chi connectivity index (χ1n) is 4.64. The van der Waals surface area contributed by atoms with Crippen LogP contribution in [0.2, 0.25) is 0 Å². The van der Waals surface area contributed by atoms with Crippen LogP contribution in [0.1, 0.15) is 38.5 Å². The molecule has 0 aliphatic carbocycles. The molecule has 0 N–H and O–H groups in total. The van der Waals surface area contributed by atoms with Crippen molar-refractivity contribution in [3.8, 4) is 0 Å². The minimum Gasteiger partial charge on any atom is -0.285 e. The highest BCUT2D eigenvalue weighted by atomic mass is 35.5. The maximum Gasteiger partial charge on any atom is 0.0960 e. The number of nitrogens with zero attached hydrogens (tertiary/aromatic N) is 1. The Morgan fingerprint density at radius 3 is 2.18 bits per heavy atom. The normalized spacial score (nSPS) is 45.8. The number of halogens is 1. The molecule has 0 amide bonds. The Bertz CT molecular complexity index is 148. The van der Waals surface area contributed by atoms with Crippen LogP contribution in [-0.2, 0) is 0 Å². The highest BCUT2D eigenvalue weighted by molar-refractivity contribution is 6.23. The van der Waals surface area contributed by atoms with E-state index in [9.17, 15) is 0 Å². The number of piperidine rings is 2. The second-order valence-electron chi connectivity index (χ2n) is 3.97. The van der Waals surface area contributed by atoms with Gasteiger partial charge in [0.15, 0.2) is 0 Å². The van der Waals surface area contributed by atoms with Gasteiger partial charge in [0.2, 0.25) is 0 Å². The zero-order valence-electron chi connectivity index (χ0n) is 7.15. The SMILES string of the molecule is CN1C2CCCC1(Cl)CCC2. The van der Waals surface area contributed by atoms with Crippen molar-refractivity contribution >= 4 is 11.6 Å². The summed E-state index contributed by atoms with van der Waals surface area (Å²) in [4.78, 5) is 2.45. The molecule has 2 heterocycles. The van der Waals surface area contributed by atoms with E-state index in [2.05, 4.69) is 11.9 Å². The minimum absolute atomic E-state index is 0.0428. The standard InChI is InChI=1S/C9H16ClN/c1-11-8-4-2-6-9(11,10)7-3-5-8/h8H,2-7H2,1H3. The monoisotopic (exact) mass is 173 g/mol. The van der Waals surface area contributed by atoms with E-state index in [1.807, 2.05) is 0 Å². The number of rotatable bonds is 0. The smallest absolute Gasteiger partial charge is 0.0960 e. The molecular formula is C9H16ClN. The summed E-state index contributed by atoms with van der Waals surface area (Å²) in [5.74, 6) is 0. The van der Waals surface area contributed by atoms with Crippen LogP contribution >= 0.6 is 11.6 Å². The first-order chi connectivity index (χ1) is 5.22. The fraction of sp³-hybridized carbons (Fsp3) is 1.00. The average molecular weight is 174 g/mol. The first kappa shape index (κ1) is 7.88. The summed E-state index contributed by atoms with van der Waals surface area (Å²) in [7, 11) is 2.19. The molecule has 1 nitrogen and oxygen atoms in total. The third-order valence-corrected chi connectivity index (χ3v) is 4.02. The fourth-order valence-electron chi connectivity index (χ4n) is 2.55. The Morgan fingerprint density at radius 1 is 1.27 bits per heavy atom. The van der Waals surface area contributed by atoms with Crippen LogP contribution < -0.4 is 0 Å². The predicted molar refractivity (Wildman–Crippen MR) is 47.8 cm³/mol. The second kappa shape index (κ2) is 2.63. The van der Waals surface area contributed by atoms with Gasteiger partial charge in [0.1, 0.15) is 0 Å². The molecule has 2 heteroatoms. The Kier molecular flexibility index (Phi) is 1.89. The number of alkyl halides is 1. The van der Waals surface area contributed by atoms with Gasteiger partial charge in [-0.05, 0) is 45.6 Å². The molecule has 0 spiro atoms. The number of hydrogen-bond acceptors (Lipinski definition) is 1. The van der Waals surface area contributed by atoms with Crippen LogP contribution in [-0.4, -0.2) is 23.0 Å². The lowest BCUT2D eigenvalue weighted by Crippen LogP contribution is -2.53. The average Bonchev–Trinajstić information content (AvgIpc) is 1.93. The first-order valence-corrected chi connectivity index (χ1v) is 5.02. The van der Waals surface area contributed by atoms with E-state index >= 15 is 0 Å². The zero-order chi connectivity index (χ0) is 7.90. The largest absolute Gasteiger partial charge is 0.285 e. The summed E-state index contributed by atoms with van der Waals surface area (Å²) < 4.78 is 0. The van der Waals surface area contributed by atoms with Gasteiger partial charge in [-0.15, -0.1) is 11.6 Å². The lowest BCUT2D eigenvalue weighted by molar-refractivity contribution is 0.0386. The molecule has 2 fully saturated rings. The zero-order valence-corrected chi connectivity index (χ0v) is 7.90. The highest BCUT2D eigenvalue weighted by Gasteiger charge is 2.41. The Hall–Kier alpha value is 0.250. The van der Waals surface area contributed by atoms with E-state index in [0.717, 1.165) is 6.04 Å². The lowest BCUT2D eigenvalue weighted by atomic mass is 9.85. The number of fused-ring (bicyclic) bond motifs is 2. The molecule has 2 rings (SSSR count). The number of hydrogen-bond donors (Lipinski definition) is 0. The van der Waals surface area contributed by atoms with Gasteiger partial charge < -0.3 is 0 Å². The molecule has 0 atom stereocenters. The summed E-state index contributed by atoms with van der Waals surface area (Å²) in [5, 5.41) is 0. The predicted octanol–water partition coefficient (Wildman–Crippen LogP) is 2.59. The van der Waals surface area contributed by atoms with E-state index in [-0.39, 0.29) is 5.00 Å². The molecule has 0 saturated carbocycles. The molecule has 2 saturated heterocycles. The van der Waals surface area contributed by atoms with E-state index in [0.29, 0.717) is 0 Å². The molecular weight excluding hydrogens is 158 g/mol. The van der Waals surface area contributed by atoms with Gasteiger partial charge in [0.05, 0.1) is 5.00 Å². The molecule has 0 radical (unpaired) electrons. The lowest BCUT2D eigenvalue weighted by Gasteiger charge is -2.49. The Labute approximate surface area is 73.7 Å². The quantitative estimate of drug-likeness (QED) is 0.402. The molecule has 64 valence electrons. The van der Waals surface area contributed by atoms with Crippen LogP contribution in [0.4, 0.5) is 0 Å². The van der Waals surface area contributed by atoms with Gasteiger partial charge in [-0.2, -0.15) is 0 Å². The van der Waals surface area contributed by atoms with Gasteiger partial charge in [-0.3, -0.25) is 4.90 Å². The molecule has 2 bridgehead atoms. The van der Waals surface area contributed by atoms with Crippen LogP contribution in [0.25, 0.3) is 0 Å². The van der Waals surface area contributed by atoms with E-state index < -0.39 is 0 Å². The fourth-order valence-corrected chi connectivity index (χ4v) is 2.96. The van der Waals surface area contributed by atoms with E-state index in [1.54, 1.807) is 0 Å². The van der Waals surface area contributed by atoms with E-state index in [1.165, 1.54) is 38.5 Å². The Morgan fingerprint density at radius 2 is 1.82 bits per heavy atom. The van der Waals surface area contributed by atoms with Crippen LogP contribution in [0, 0.1) is 0 Å². The van der Waals surface area contributed by atoms with Crippen molar-refractivity contribution in [3.05, 3.63) is 0 Å². The maximum absolute atomic E-state index is 6.48. The van der Waals surface area contributed by atoms with Gasteiger partial charge in [0.25, 0.3) is 0 Å². The van der Waals surface area contributed by atoms with Crippen LogP contribution in [0.15, 0.2) is 0 Å². The van der Waals surface area contributed by atoms with Crippen molar-refractivity contribution in [1.29, 1.82) is 0 Å². The summed E-state index contributed by atoms with van der Waals surface area (Å²) in [6, 6.07) is 0.787. The van der Waals surface area contributed by atoms with Gasteiger partial charge in [-0.25, -0.2) is 0 Å². The van der Waals surface area contributed by atoms with Crippen molar-refractivity contribution in [3.63, 3.8) is 0 Å². The molecule has 2 aliphatic rings. The van der Waals surface area contributed by atoms with Crippen molar-refractivity contribution < 1.29 is 0 Å². The van der Waals surface area contributed by atoms with Crippen molar-refractivity contribution in [2.45, 2.75) is 49.6 Å². The van der Waals surface area contributed by atoms with Crippen LogP contribution in [0.3, 0.4) is 0 Å². The molecule has 0 unspecified atom stereocenters. The molecule has 0 aromatic carbocycles. The third-order valence-electron chi connectivity index (χ3n) is 3.37. The summed E-state index contributed by atoms with van der Waals surface area (Å²) in [5.41, 5.74) is 0. The summed E-state index contributed by atoms with van der Waals surface area (Å²) in [6.45, 7) is 0. The maximum atomic E-state index is 6.48. The molecule has 2 aliphatic heterocycles. The second-order valence-corrected chi connectivity index (χ2v) is 4.67. The molecule has 0 aromatic rings. The summed E-state index contributed by atoms with van der Waals surface area (Å²) >= 11 is 6.48. The van der Waals surface area contributed by atoms with Gasteiger partial charge in [-0.1, -0.05) is 0 Å².